The first-order valence-corrected chi connectivity index (χ1v) is 8.64. The summed E-state index contributed by atoms with van der Waals surface area (Å²) in [7, 11) is 4.15. The molecule has 0 saturated carbocycles. The van der Waals surface area contributed by atoms with Crippen LogP contribution in [0.1, 0.15) is 31.1 Å². The second-order valence-electron chi connectivity index (χ2n) is 7.58. The van der Waals surface area contributed by atoms with Gasteiger partial charge in [-0.3, -0.25) is 4.79 Å². The first-order valence-electron chi connectivity index (χ1n) is 8.64. The fourth-order valence-corrected chi connectivity index (χ4v) is 3.54. The van der Waals surface area contributed by atoms with E-state index < -0.39 is 0 Å². The molecule has 1 aliphatic heterocycles. The van der Waals surface area contributed by atoms with E-state index in [1.165, 1.54) is 0 Å². The third-order valence-electron chi connectivity index (χ3n) is 4.78. The van der Waals surface area contributed by atoms with Crippen molar-refractivity contribution in [1.82, 2.24) is 24.6 Å². The summed E-state index contributed by atoms with van der Waals surface area (Å²) in [5.41, 5.74) is 1.50. The maximum Gasteiger partial charge on any atom is 0.255 e. The third kappa shape index (κ3) is 3.15. The van der Waals surface area contributed by atoms with Gasteiger partial charge in [0.15, 0.2) is 5.65 Å². The first-order chi connectivity index (χ1) is 11.4. The molecule has 0 spiro atoms. The zero-order valence-electron chi connectivity index (χ0n) is 15.2. The minimum atomic E-state index is 0.0669. The van der Waals surface area contributed by atoms with Crippen molar-refractivity contribution in [2.75, 3.05) is 27.2 Å². The lowest BCUT2D eigenvalue weighted by molar-refractivity contribution is 0.0781. The monoisotopic (exact) mass is 329 g/mol. The van der Waals surface area contributed by atoms with E-state index in [1.54, 1.807) is 12.4 Å². The van der Waals surface area contributed by atoms with Crippen LogP contribution in [0.15, 0.2) is 18.5 Å². The highest BCUT2D eigenvalue weighted by molar-refractivity contribution is 5.97. The van der Waals surface area contributed by atoms with Gasteiger partial charge in [-0.2, -0.15) is 5.10 Å². The van der Waals surface area contributed by atoms with E-state index >= 15 is 0 Å². The minimum absolute atomic E-state index is 0.0669. The Morgan fingerprint density at radius 1 is 1.33 bits per heavy atom. The smallest absolute Gasteiger partial charge is 0.255 e. The molecule has 130 valence electrons. The van der Waals surface area contributed by atoms with E-state index in [4.69, 9.17) is 0 Å². The van der Waals surface area contributed by atoms with Gasteiger partial charge < -0.3 is 9.80 Å². The summed E-state index contributed by atoms with van der Waals surface area (Å²) >= 11 is 0. The molecule has 3 rings (SSSR count). The number of fused-ring (bicyclic) bond motifs is 1. The molecular formula is C18H27N5O. The minimum Gasteiger partial charge on any atom is -0.337 e. The maximum atomic E-state index is 12.8. The van der Waals surface area contributed by atoms with Crippen LogP contribution in [-0.4, -0.2) is 63.7 Å². The Hall–Kier alpha value is -1.95. The molecule has 2 atom stereocenters. The van der Waals surface area contributed by atoms with Crippen LogP contribution in [0.4, 0.5) is 0 Å². The Morgan fingerprint density at radius 3 is 2.71 bits per heavy atom. The number of likely N-dealkylation sites (N-methyl/N-ethyl adjacent to an activating group) is 1. The van der Waals surface area contributed by atoms with Crippen molar-refractivity contribution in [3.05, 3.63) is 24.0 Å². The number of amides is 1. The lowest BCUT2D eigenvalue weighted by atomic mass is 10.1. The lowest BCUT2D eigenvalue weighted by Crippen LogP contribution is -2.35. The average molecular weight is 329 g/mol. The van der Waals surface area contributed by atoms with Gasteiger partial charge in [0.05, 0.1) is 11.8 Å². The molecule has 2 aromatic rings. The van der Waals surface area contributed by atoms with E-state index in [9.17, 15) is 4.79 Å². The molecule has 0 aromatic carbocycles. The number of nitrogens with zero attached hydrogens (tertiary/aromatic N) is 5. The number of hydrogen-bond donors (Lipinski definition) is 0. The van der Waals surface area contributed by atoms with Gasteiger partial charge in [-0.25, -0.2) is 9.67 Å². The zero-order valence-corrected chi connectivity index (χ0v) is 15.2. The van der Waals surface area contributed by atoms with Crippen LogP contribution in [0, 0.1) is 11.8 Å². The van der Waals surface area contributed by atoms with Crippen molar-refractivity contribution in [2.45, 2.75) is 33.4 Å². The predicted molar refractivity (Wildman–Crippen MR) is 94.9 cm³/mol. The van der Waals surface area contributed by atoms with Crippen LogP contribution in [-0.2, 0) is 6.54 Å². The number of likely N-dealkylation sites (tertiary alicyclic amines) is 1. The summed E-state index contributed by atoms with van der Waals surface area (Å²) < 4.78 is 1.91. The Labute approximate surface area is 143 Å². The van der Waals surface area contributed by atoms with Crippen LogP contribution < -0.4 is 0 Å². The van der Waals surface area contributed by atoms with Crippen molar-refractivity contribution in [2.24, 2.45) is 11.8 Å². The molecule has 3 heterocycles. The molecule has 2 aromatic heterocycles. The predicted octanol–water partition coefficient (Wildman–Crippen LogP) is 2.11. The molecule has 0 aliphatic carbocycles. The molecule has 0 radical (unpaired) electrons. The Bertz CT molecular complexity index is 736. The number of hydrogen-bond acceptors (Lipinski definition) is 4. The third-order valence-corrected chi connectivity index (χ3v) is 4.78. The van der Waals surface area contributed by atoms with Gasteiger partial charge in [0.2, 0.25) is 0 Å². The van der Waals surface area contributed by atoms with Gasteiger partial charge in [-0.05, 0) is 32.0 Å². The Kier molecular flexibility index (Phi) is 4.58. The Balaban J connectivity index is 1.81. The topological polar surface area (TPSA) is 54.3 Å². The average Bonchev–Trinajstić information content (AvgIpc) is 3.09. The lowest BCUT2D eigenvalue weighted by Gasteiger charge is -2.22. The van der Waals surface area contributed by atoms with Crippen molar-refractivity contribution in [3.63, 3.8) is 0 Å². The number of carbonyl (C=O) groups is 1. The van der Waals surface area contributed by atoms with Crippen LogP contribution in [0.25, 0.3) is 11.0 Å². The van der Waals surface area contributed by atoms with Crippen LogP contribution in [0.3, 0.4) is 0 Å². The number of aromatic nitrogens is 3. The van der Waals surface area contributed by atoms with E-state index in [0.717, 1.165) is 30.7 Å². The van der Waals surface area contributed by atoms with E-state index in [-0.39, 0.29) is 5.91 Å². The highest BCUT2D eigenvalue weighted by atomic mass is 16.2. The van der Waals surface area contributed by atoms with Gasteiger partial charge in [0, 0.05) is 37.3 Å². The van der Waals surface area contributed by atoms with Crippen LogP contribution in [0.2, 0.25) is 0 Å². The summed E-state index contributed by atoms with van der Waals surface area (Å²) in [6, 6.07) is 2.33. The summed E-state index contributed by atoms with van der Waals surface area (Å²) in [4.78, 5) is 21.5. The van der Waals surface area contributed by atoms with E-state index in [1.807, 2.05) is 15.6 Å². The SMILES string of the molecule is CC(C)Cn1ncc2cc(C(=O)N3C[C@@H](C)[C@@H](N(C)C)C3)cnc21. The van der Waals surface area contributed by atoms with Gasteiger partial charge in [0.25, 0.3) is 5.91 Å². The fraction of sp³-hybridized carbons (Fsp3) is 0.611. The van der Waals surface area contributed by atoms with Gasteiger partial charge in [-0.1, -0.05) is 20.8 Å². The largest absolute Gasteiger partial charge is 0.337 e. The van der Waals surface area contributed by atoms with Crippen molar-refractivity contribution in [1.29, 1.82) is 0 Å². The first kappa shape index (κ1) is 16.9. The van der Waals surface area contributed by atoms with Crippen molar-refractivity contribution >= 4 is 16.9 Å². The highest BCUT2D eigenvalue weighted by Gasteiger charge is 2.34. The standard InChI is InChI=1S/C18H27N5O/c1-12(2)9-23-17-14(8-20-23)6-15(7-19-17)18(24)22-10-13(3)16(11-22)21(4)5/h6-8,12-13,16H,9-11H2,1-5H3/t13-,16+/m1/s1. The molecule has 0 N–H and O–H groups in total. The molecule has 1 fully saturated rings. The van der Waals surface area contributed by atoms with Crippen LogP contribution in [0.5, 0.6) is 0 Å². The molecule has 24 heavy (non-hydrogen) atoms. The second-order valence-corrected chi connectivity index (χ2v) is 7.58. The summed E-state index contributed by atoms with van der Waals surface area (Å²) in [5, 5.41) is 5.33. The summed E-state index contributed by atoms with van der Waals surface area (Å²) in [6.45, 7) is 8.92. The van der Waals surface area contributed by atoms with Gasteiger partial charge in [-0.15, -0.1) is 0 Å². The quantitative estimate of drug-likeness (QED) is 0.862. The van der Waals surface area contributed by atoms with Crippen molar-refractivity contribution < 1.29 is 4.79 Å². The van der Waals surface area contributed by atoms with E-state index in [0.29, 0.717) is 23.4 Å². The molecule has 1 saturated heterocycles. The zero-order chi connectivity index (χ0) is 17.4. The number of carbonyl (C=O) groups excluding carboxylic acids is 1. The molecule has 0 unspecified atom stereocenters. The van der Waals surface area contributed by atoms with Gasteiger partial charge in [0.1, 0.15) is 0 Å². The normalized spacial score (nSPS) is 21.4. The second kappa shape index (κ2) is 6.51. The molecule has 1 amide bonds. The molecule has 1 aliphatic rings. The fourth-order valence-electron chi connectivity index (χ4n) is 3.54. The van der Waals surface area contributed by atoms with Crippen LogP contribution >= 0.6 is 0 Å². The molecule has 6 nitrogen and oxygen atoms in total. The number of rotatable bonds is 4. The van der Waals surface area contributed by atoms with Crippen molar-refractivity contribution in [3.8, 4) is 0 Å². The summed E-state index contributed by atoms with van der Waals surface area (Å²) in [5.74, 6) is 1.05. The molecular weight excluding hydrogens is 302 g/mol. The molecule has 0 bridgehead atoms. The highest BCUT2D eigenvalue weighted by Crippen LogP contribution is 2.23. The summed E-state index contributed by atoms with van der Waals surface area (Å²) in [6.07, 6.45) is 3.49. The molecule has 6 heteroatoms. The van der Waals surface area contributed by atoms with E-state index in [2.05, 4.69) is 49.8 Å². The van der Waals surface area contributed by atoms with Gasteiger partial charge >= 0.3 is 0 Å². The number of pyridine rings is 1. The maximum absolute atomic E-state index is 12.8. The Morgan fingerprint density at radius 2 is 2.08 bits per heavy atom.